The first-order chi connectivity index (χ1) is 9.20. The standard InChI is InChI=1S/C13H11ClN4O/c1-19-8-2-3-9(14)12(6-8)18-11-4-5-16-7-10(11)17-13(18)15/h2-7H,1H3,(H2,15,17). The van der Waals surface area contributed by atoms with E-state index >= 15 is 0 Å². The van der Waals surface area contributed by atoms with Gasteiger partial charge < -0.3 is 10.5 Å². The normalized spacial score (nSPS) is 10.8. The van der Waals surface area contributed by atoms with E-state index in [1.165, 1.54) is 0 Å². The highest BCUT2D eigenvalue weighted by Gasteiger charge is 2.13. The molecule has 0 radical (unpaired) electrons. The fraction of sp³-hybridized carbons (Fsp3) is 0.0769. The molecule has 2 heterocycles. The minimum Gasteiger partial charge on any atom is -0.497 e. The molecule has 96 valence electrons. The minimum absolute atomic E-state index is 0.359. The number of halogens is 1. The van der Waals surface area contributed by atoms with E-state index in [9.17, 15) is 0 Å². The maximum atomic E-state index is 6.24. The van der Waals surface area contributed by atoms with E-state index in [1.54, 1.807) is 36.2 Å². The van der Waals surface area contributed by atoms with E-state index in [4.69, 9.17) is 22.1 Å². The van der Waals surface area contributed by atoms with Gasteiger partial charge in [0, 0.05) is 12.3 Å². The number of anilines is 1. The number of fused-ring (bicyclic) bond motifs is 1. The van der Waals surface area contributed by atoms with Crippen molar-refractivity contribution in [1.82, 2.24) is 14.5 Å². The average molecular weight is 275 g/mol. The van der Waals surface area contributed by atoms with Gasteiger partial charge in [0.15, 0.2) is 0 Å². The number of methoxy groups -OCH3 is 1. The summed E-state index contributed by atoms with van der Waals surface area (Å²) in [5.74, 6) is 1.06. The average Bonchev–Trinajstić information content (AvgIpc) is 2.75. The van der Waals surface area contributed by atoms with Crippen molar-refractivity contribution in [2.45, 2.75) is 0 Å². The molecule has 0 saturated heterocycles. The monoisotopic (exact) mass is 274 g/mol. The summed E-state index contributed by atoms with van der Waals surface area (Å²) in [6.07, 6.45) is 3.35. The Labute approximate surface area is 114 Å². The molecule has 0 spiro atoms. The van der Waals surface area contributed by atoms with Crippen molar-refractivity contribution in [2.75, 3.05) is 12.8 Å². The van der Waals surface area contributed by atoms with Crippen LogP contribution >= 0.6 is 11.6 Å². The first-order valence-electron chi connectivity index (χ1n) is 5.62. The van der Waals surface area contributed by atoms with E-state index < -0.39 is 0 Å². The number of benzene rings is 1. The van der Waals surface area contributed by atoms with Gasteiger partial charge in [0.25, 0.3) is 0 Å². The fourth-order valence-corrected chi connectivity index (χ4v) is 2.20. The number of hydrogen-bond acceptors (Lipinski definition) is 4. The molecule has 0 aliphatic carbocycles. The summed E-state index contributed by atoms with van der Waals surface area (Å²) in [5, 5.41) is 0.573. The maximum Gasteiger partial charge on any atom is 0.206 e. The maximum absolute atomic E-state index is 6.24. The summed E-state index contributed by atoms with van der Waals surface area (Å²) in [7, 11) is 1.60. The fourth-order valence-electron chi connectivity index (χ4n) is 1.99. The molecule has 5 nitrogen and oxygen atoms in total. The largest absolute Gasteiger partial charge is 0.497 e. The van der Waals surface area contributed by atoms with Gasteiger partial charge in [-0.1, -0.05) is 11.6 Å². The number of aromatic nitrogens is 3. The zero-order chi connectivity index (χ0) is 13.4. The predicted octanol–water partition coefficient (Wildman–Crippen LogP) is 2.66. The summed E-state index contributed by atoms with van der Waals surface area (Å²) < 4.78 is 6.99. The van der Waals surface area contributed by atoms with Crippen LogP contribution in [0.15, 0.2) is 36.7 Å². The molecule has 19 heavy (non-hydrogen) atoms. The molecule has 0 aliphatic heterocycles. The first kappa shape index (κ1) is 11.8. The number of pyridine rings is 1. The molecular formula is C13H11ClN4O. The van der Waals surface area contributed by atoms with Gasteiger partial charge in [-0.3, -0.25) is 9.55 Å². The highest BCUT2D eigenvalue weighted by Crippen LogP contribution is 2.30. The SMILES string of the molecule is COc1ccc(Cl)c(-n2c(N)nc3cnccc32)c1. The number of ether oxygens (including phenoxy) is 1. The summed E-state index contributed by atoms with van der Waals surface area (Å²) in [6.45, 7) is 0. The van der Waals surface area contributed by atoms with Crippen molar-refractivity contribution >= 4 is 28.6 Å². The second kappa shape index (κ2) is 4.44. The molecule has 3 aromatic rings. The van der Waals surface area contributed by atoms with Crippen LogP contribution in [0.2, 0.25) is 5.02 Å². The lowest BCUT2D eigenvalue weighted by Gasteiger charge is -2.10. The van der Waals surface area contributed by atoms with E-state index in [1.807, 2.05) is 12.1 Å². The lowest BCUT2D eigenvalue weighted by Crippen LogP contribution is -2.01. The van der Waals surface area contributed by atoms with Gasteiger partial charge in [0.2, 0.25) is 5.95 Å². The molecule has 3 rings (SSSR count). The van der Waals surface area contributed by atoms with Crippen LogP contribution in [0.25, 0.3) is 16.7 Å². The van der Waals surface area contributed by atoms with Crippen molar-refractivity contribution in [3.8, 4) is 11.4 Å². The van der Waals surface area contributed by atoms with Crippen molar-refractivity contribution in [3.63, 3.8) is 0 Å². The van der Waals surface area contributed by atoms with Crippen LogP contribution in [-0.2, 0) is 0 Å². The van der Waals surface area contributed by atoms with E-state index in [-0.39, 0.29) is 0 Å². The Hall–Kier alpha value is -2.27. The van der Waals surface area contributed by atoms with Crippen LogP contribution in [-0.4, -0.2) is 21.6 Å². The number of nitrogen functional groups attached to an aromatic ring is 1. The number of hydrogen-bond donors (Lipinski definition) is 1. The quantitative estimate of drug-likeness (QED) is 0.780. The van der Waals surface area contributed by atoms with Crippen LogP contribution in [0.3, 0.4) is 0 Å². The Bertz CT molecular complexity index is 753. The van der Waals surface area contributed by atoms with Crippen molar-refractivity contribution in [1.29, 1.82) is 0 Å². The Balaban J connectivity index is 2.32. The zero-order valence-electron chi connectivity index (χ0n) is 10.2. The lowest BCUT2D eigenvalue weighted by molar-refractivity contribution is 0.414. The minimum atomic E-state index is 0.359. The number of imidazole rings is 1. The topological polar surface area (TPSA) is 66.0 Å². The lowest BCUT2D eigenvalue weighted by atomic mass is 10.3. The number of rotatable bonds is 2. The van der Waals surface area contributed by atoms with Gasteiger partial charge >= 0.3 is 0 Å². The molecule has 0 amide bonds. The second-order valence-corrected chi connectivity index (χ2v) is 4.39. The van der Waals surface area contributed by atoms with Gasteiger partial charge in [-0.15, -0.1) is 0 Å². The Morgan fingerprint density at radius 3 is 2.95 bits per heavy atom. The highest BCUT2D eigenvalue weighted by atomic mass is 35.5. The summed E-state index contributed by atoms with van der Waals surface area (Å²) in [6, 6.07) is 7.22. The zero-order valence-corrected chi connectivity index (χ0v) is 10.9. The van der Waals surface area contributed by atoms with Crippen molar-refractivity contribution < 1.29 is 4.74 Å². The Kier molecular flexibility index (Phi) is 2.76. The molecule has 1 aromatic carbocycles. The van der Waals surface area contributed by atoms with Crippen LogP contribution in [0, 0.1) is 0 Å². The Morgan fingerprint density at radius 1 is 1.32 bits per heavy atom. The van der Waals surface area contributed by atoms with Gasteiger partial charge in [0.1, 0.15) is 11.3 Å². The molecule has 2 aromatic heterocycles. The van der Waals surface area contributed by atoms with Crippen LogP contribution in [0.1, 0.15) is 0 Å². The van der Waals surface area contributed by atoms with Gasteiger partial charge in [-0.25, -0.2) is 4.98 Å². The smallest absolute Gasteiger partial charge is 0.206 e. The third-order valence-corrected chi connectivity index (χ3v) is 3.20. The number of nitrogens with two attached hydrogens (primary N) is 1. The second-order valence-electron chi connectivity index (χ2n) is 3.99. The molecule has 6 heteroatoms. The molecule has 0 fully saturated rings. The molecule has 0 saturated carbocycles. The highest BCUT2D eigenvalue weighted by molar-refractivity contribution is 6.32. The van der Waals surface area contributed by atoms with E-state index in [2.05, 4.69) is 9.97 Å². The van der Waals surface area contributed by atoms with Crippen LogP contribution < -0.4 is 10.5 Å². The molecule has 0 unspecified atom stereocenters. The molecule has 0 atom stereocenters. The summed E-state index contributed by atoms with van der Waals surface area (Å²) >= 11 is 6.24. The van der Waals surface area contributed by atoms with Gasteiger partial charge in [0.05, 0.1) is 29.5 Å². The third-order valence-electron chi connectivity index (χ3n) is 2.88. The Morgan fingerprint density at radius 2 is 2.16 bits per heavy atom. The first-order valence-corrected chi connectivity index (χ1v) is 6.00. The van der Waals surface area contributed by atoms with Crippen molar-refractivity contribution in [2.24, 2.45) is 0 Å². The van der Waals surface area contributed by atoms with Crippen molar-refractivity contribution in [3.05, 3.63) is 41.7 Å². The molecular weight excluding hydrogens is 264 g/mol. The third kappa shape index (κ3) is 1.88. The van der Waals surface area contributed by atoms with E-state index in [0.717, 1.165) is 16.7 Å². The number of nitrogens with zero attached hydrogens (tertiary/aromatic N) is 3. The van der Waals surface area contributed by atoms with Crippen LogP contribution in [0.4, 0.5) is 5.95 Å². The summed E-state index contributed by atoms with van der Waals surface area (Å²) in [4.78, 5) is 8.29. The predicted molar refractivity (Wildman–Crippen MR) is 74.8 cm³/mol. The molecule has 0 aliphatic rings. The van der Waals surface area contributed by atoms with Crippen LogP contribution in [0.5, 0.6) is 5.75 Å². The van der Waals surface area contributed by atoms with Gasteiger partial charge in [-0.05, 0) is 18.2 Å². The van der Waals surface area contributed by atoms with Gasteiger partial charge in [-0.2, -0.15) is 0 Å². The molecule has 2 N–H and O–H groups in total. The summed E-state index contributed by atoms with van der Waals surface area (Å²) in [5.41, 5.74) is 8.27. The molecule has 0 bridgehead atoms. The van der Waals surface area contributed by atoms with E-state index in [0.29, 0.717) is 16.7 Å².